The number of nitrogens with two attached hydrogens (primary N) is 1. The van der Waals surface area contributed by atoms with Gasteiger partial charge in [0.15, 0.2) is 11.6 Å². The maximum Gasteiger partial charge on any atom is 0.416 e. The first-order valence-corrected chi connectivity index (χ1v) is 6.40. The maximum atomic E-state index is 12.5. The topological polar surface area (TPSA) is 67.6 Å². The van der Waals surface area contributed by atoms with Crippen molar-refractivity contribution in [3.63, 3.8) is 0 Å². The fourth-order valence-corrected chi connectivity index (χ4v) is 2.03. The van der Waals surface area contributed by atoms with Crippen LogP contribution in [0.3, 0.4) is 0 Å². The summed E-state index contributed by atoms with van der Waals surface area (Å²) >= 11 is 0. The van der Waals surface area contributed by atoms with Crippen molar-refractivity contribution in [1.29, 1.82) is 0 Å². The number of nitrogens with zero attached hydrogens (tertiary/aromatic N) is 2. The van der Waals surface area contributed by atoms with E-state index in [0.29, 0.717) is 28.5 Å². The number of anilines is 1. The fourth-order valence-electron chi connectivity index (χ4n) is 2.03. The number of nitrogen functional groups attached to an aromatic ring is 1. The molecule has 0 unspecified atom stereocenters. The lowest BCUT2D eigenvalue weighted by Crippen LogP contribution is -2.04. The first-order valence-electron chi connectivity index (χ1n) is 6.40. The average Bonchev–Trinajstić information content (AvgIpc) is 2.96. The van der Waals surface area contributed by atoms with Gasteiger partial charge in [-0.15, -0.1) is 0 Å². The number of benzene rings is 2. The summed E-state index contributed by atoms with van der Waals surface area (Å²) in [5, 5.41) is 6.77. The fraction of sp³-hybridized carbons (Fsp3) is 0.0667. The largest absolute Gasteiger partial charge is 0.416 e. The Balaban J connectivity index is 1.93. The molecule has 0 fully saturated rings. The summed E-state index contributed by atoms with van der Waals surface area (Å²) in [6, 6.07) is 11.8. The van der Waals surface area contributed by atoms with Gasteiger partial charge in [-0.2, -0.15) is 18.3 Å². The molecule has 0 bridgehead atoms. The van der Waals surface area contributed by atoms with Crippen LogP contribution < -0.4 is 5.73 Å². The first kappa shape index (κ1) is 14.1. The van der Waals surface area contributed by atoms with Crippen LogP contribution in [0.2, 0.25) is 0 Å². The molecule has 0 saturated heterocycles. The van der Waals surface area contributed by atoms with Crippen molar-refractivity contribution in [2.45, 2.75) is 6.18 Å². The van der Waals surface area contributed by atoms with Crippen molar-refractivity contribution in [1.82, 2.24) is 15.2 Å². The van der Waals surface area contributed by atoms with Gasteiger partial charge in [-0.25, -0.2) is 4.98 Å². The van der Waals surface area contributed by atoms with Gasteiger partial charge in [-0.3, -0.25) is 5.10 Å². The third-order valence-electron chi connectivity index (χ3n) is 3.17. The molecule has 0 saturated carbocycles. The zero-order valence-electron chi connectivity index (χ0n) is 11.2. The number of rotatable bonds is 2. The van der Waals surface area contributed by atoms with Crippen LogP contribution in [0.5, 0.6) is 0 Å². The summed E-state index contributed by atoms with van der Waals surface area (Å²) in [6.45, 7) is 0. The Morgan fingerprint density at radius 1 is 0.955 bits per heavy atom. The van der Waals surface area contributed by atoms with Gasteiger partial charge in [-0.1, -0.05) is 24.3 Å². The monoisotopic (exact) mass is 304 g/mol. The number of H-pyrrole nitrogens is 1. The number of hydrogen-bond donors (Lipinski definition) is 2. The zero-order chi connectivity index (χ0) is 15.7. The van der Waals surface area contributed by atoms with Crippen LogP contribution in [-0.2, 0) is 6.18 Å². The second-order valence-electron chi connectivity index (χ2n) is 4.67. The molecule has 3 aromatic rings. The van der Waals surface area contributed by atoms with Crippen LogP contribution in [-0.4, -0.2) is 15.2 Å². The highest BCUT2D eigenvalue weighted by atomic mass is 19.4. The molecule has 0 amide bonds. The van der Waals surface area contributed by atoms with Crippen molar-refractivity contribution in [3.8, 4) is 22.8 Å². The average molecular weight is 304 g/mol. The van der Waals surface area contributed by atoms with Crippen molar-refractivity contribution in [3.05, 3.63) is 54.1 Å². The zero-order valence-corrected chi connectivity index (χ0v) is 11.2. The molecule has 22 heavy (non-hydrogen) atoms. The number of hydrogen-bond acceptors (Lipinski definition) is 3. The van der Waals surface area contributed by atoms with E-state index in [1.54, 1.807) is 18.2 Å². The Labute approximate surface area is 123 Å². The molecule has 112 valence electrons. The van der Waals surface area contributed by atoms with Gasteiger partial charge in [0.25, 0.3) is 0 Å². The maximum absolute atomic E-state index is 12.5. The van der Waals surface area contributed by atoms with E-state index < -0.39 is 11.7 Å². The van der Waals surface area contributed by atoms with Gasteiger partial charge in [0.2, 0.25) is 0 Å². The van der Waals surface area contributed by atoms with E-state index >= 15 is 0 Å². The third kappa shape index (κ3) is 2.65. The van der Waals surface area contributed by atoms with Gasteiger partial charge in [0.1, 0.15) is 0 Å². The molecule has 0 radical (unpaired) electrons. The van der Waals surface area contributed by atoms with Crippen molar-refractivity contribution in [2.75, 3.05) is 5.73 Å². The number of aromatic nitrogens is 3. The van der Waals surface area contributed by atoms with Crippen LogP contribution in [0, 0.1) is 0 Å². The molecule has 1 aromatic heterocycles. The summed E-state index contributed by atoms with van der Waals surface area (Å²) in [7, 11) is 0. The molecule has 3 rings (SSSR count). The molecule has 0 atom stereocenters. The minimum atomic E-state index is -4.36. The lowest BCUT2D eigenvalue weighted by Gasteiger charge is -2.06. The Hall–Kier alpha value is -2.83. The van der Waals surface area contributed by atoms with Crippen molar-refractivity contribution >= 4 is 5.69 Å². The predicted molar refractivity (Wildman–Crippen MR) is 76.7 cm³/mol. The van der Waals surface area contributed by atoms with E-state index in [2.05, 4.69) is 15.2 Å². The minimum Gasteiger partial charge on any atom is -0.398 e. The number of nitrogens with one attached hydrogen (secondary N) is 1. The summed E-state index contributed by atoms with van der Waals surface area (Å²) in [4.78, 5) is 4.28. The van der Waals surface area contributed by atoms with Gasteiger partial charge in [-0.05, 0) is 24.3 Å². The lowest BCUT2D eigenvalue weighted by molar-refractivity contribution is -0.137. The minimum absolute atomic E-state index is 0.312. The quantitative estimate of drug-likeness (QED) is 0.709. The number of halogens is 3. The highest BCUT2D eigenvalue weighted by molar-refractivity contribution is 5.72. The highest BCUT2D eigenvalue weighted by Crippen LogP contribution is 2.31. The Bertz CT molecular complexity index is 791. The van der Waals surface area contributed by atoms with Gasteiger partial charge >= 0.3 is 6.18 Å². The summed E-state index contributed by atoms with van der Waals surface area (Å²) < 4.78 is 37.6. The lowest BCUT2D eigenvalue weighted by atomic mass is 10.1. The number of alkyl halides is 3. The smallest absolute Gasteiger partial charge is 0.398 e. The van der Waals surface area contributed by atoms with Crippen LogP contribution in [0.1, 0.15) is 5.56 Å². The molecule has 0 aliphatic heterocycles. The molecule has 0 aliphatic rings. The van der Waals surface area contributed by atoms with Gasteiger partial charge < -0.3 is 5.73 Å². The Morgan fingerprint density at radius 3 is 2.27 bits per heavy atom. The van der Waals surface area contributed by atoms with Gasteiger partial charge in [0.05, 0.1) is 5.56 Å². The third-order valence-corrected chi connectivity index (χ3v) is 3.17. The molecular formula is C15H11F3N4. The van der Waals surface area contributed by atoms with Crippen LogP contribution >= 0.6 is 0 Å². The van der Waals surface area contributed by atoms with E-state index in [1.807, 2.05) is 6.07 Å². The second-order valence-corrected chi connectivity index (χ2v) is 4.67. The van der Waals surface area contributed by atoms with E-state index in [4.69, 9.17) is 5.73 Å². The first-order chi connectivity index (χ1) is 10.4. The SMILES string of the molecule is Nc1ccccc1-c1nc(-c2ccc(C(F)(F)F)cc2)n[nH]1. The summed E-state index contributed by atoms with van der Waals surface area (Å²) in [5.41, 5.74) is 6.86. The highest BCUT2D eigenvalue weighted by Gasteiger charge is 2.30. The Morgan fingerprint density at radius 2 is 1.64 bits per heavy atom. The molecule has 1 heterocycles. The van der Waals surface area contributed by atoms with Crippen LogP contribution in [0.15, 0.2) is 48.5 Å². The standard InChI is InChI=1S/C15H11F3N4/c16-15(17,18)10-7-5-9(6-8-10)13-20-14(22-21-13)11-3-1-2-4-12(11)19/h1-8H,19H2,(H,20,21,22). The van der Waals surface area contributed by atoms with E-state index in [9.17, 15) is 13.2 Å². The van der Waals surface area contributed by atoms with Crippen molar-refractivity contribution < 1.29 is 13.2 Å². The number of para-hydroxylation sites is 1. The Kier molecular flexibility index (Phi) is 3.32. The number of aromatic amines is 1. The van der Waals surface area contributed by atoms with E-state index in [1.165, 1.54) is 12.1 Å². The second kappa shape index (κ2) is 5.18. The van der Waals surface area contributed by atoms with Crippen LogP contribution in [0.25, 0.3) is 22.8 Å². The molecule has 0 spiro atoms. The predicted octanol–water partition coefficient (Wildman–Crippen LogP) is 3.74. The molecule has 3 N–H and O–H groups in total. The summed E-state index contributed by atoms with van der Waals surface area (Å²) in [5.74, 6) is 0.778. The summed E-state index contributed by atoms with van der Waals surface area (Å²) in [6.07, 6.45) is -4.36. The molecule has 2 aromatic carbocycles. The molecule has 7 heteroatoms. The normalized spacial score (nSPS) is 11.6. The molecule has 4 nitrogen and oxygen atoms in total. The van der Waals surface area contributed by atoms with E-state index in [0.717, 1.165) is 12.1 Å². The molecular weight excluding hydrogens is 293 g/mol. The molecule has 0 aliphatic carbocycles. The van der Waals surface area contributed by atoms with Gasteiger partial charge in [0, 0.05) is 16.8 Å². The van der Waals surface area contributed by atoms with Crippen molar-refractivity contribution in [2.24, 2.45) is 0 Å². The van der Waals surface area contributed by atoms with E-state index in [-0.39, 0.29) is 0 Å². The van der Waals surface area contributed by atoms with Crippen LogP contribution in [0.4, 0.5) is 18.9 Å².